The molecule has 22 heavy (non-hydrogen) atoms. The third-order valence-corrected chi connectivity index (χ3v) is 5.88. The van der Waals surface area contributed by atoms with Crippen LogP contribution in [0.4, 0.5) is 0 Å². The van der Waals surface area contributed by atoms with Gasteiger partial charge < -0.3 is 10.0 Å². The minimum absolute atomic E-state index is 0.181. The third-order valence-electron chi connectivity index (χ3n) is 5.20. The Morgan fingerprint density at radius 2 is 2.00 bits per heavy atom. The molecule has 1 saturated carbocycles. The van der Waals surface area contributed by atoms with E-state index in [0.717, 1.165) is 17.6 Å². The van der Waals surface area contributed by atoms with E-state index in [1.165, 1.54) is 36.8 Å². The number of rotatable bonds is 5. The van der Waals surface area contributed by atoms with Crippen molar-refractivity contribution in [3.05, 3.63) is 33.8 Å². The van der Waals surface area contributed by atoms with Gasteiger partial charge in [0, 0.05) is 4.47 Å². The summed E-state index contributed by atoms with van der Waals surface area (Å²) in [7, 11) is 2.18. The highest BCUT2D eigenvalue weighted by Gasteiger charge is 2.34. The second-order valence-corrected chi connectivity index (χ2v) is 7.75. The number of carboxylic acid groups (broad SMARTS) is 1. The number of halogens is 1. The summed E-state index contributed by atoms with van der Waals surface area (Å²) in [6.07, 6.45) is 5.01. The first-order valence-electron chi connectivity index (χ1n) is 8.24. The topological polar surface area (TPSA) is 40.5 Å². The summed E-state index contributed by atoms with van der Waals surface area (Å²) in [6, 6.07) is 6.58. The molecule has 0 amide bonds. The number of carbonyl (C=O) groups is 1. The molecule has 2 aliphatic rings. The van der Waals surface area contributed by atoms with Gasteiger partial charge in [0.15, 0.2) is 0 Å². The van der Waals surface area contributed by atoms with Crippen LogP contribution >= 0.6 is 15.9 Å². The van der Waals surface area contributed by atoms with Gasteiger partial charge in [-0.1, -0.05) is 28.1 Å². The average molecular weight is 366 g/mol. The van der Waals surface area contributed by atoms with Crippen LogP contribution in [-0.4, -0.2) is 36.1 Å². The molecule has 1 N–H and O–H groups in total. The minimum Gasteiger partial charge on any atom is -0.481 e. The van der Waals surface area contributed by atoms with E-state index < -0.39 is 5.97 Å². The van der Waals surface area contributed by atoms with Crippen molar-refractivity contribution in [3.8, 4) is 0 Å². The van der Waals surface area contributed by atoms with Crippen LogP contribution in [0.2, 0.25) is 0 Å². The first-order chi connectivity index (χ1) is 10.5. The highest BCUT2D eigenvalue weighted by atomic mass is 79.9. The SMILES string of the molecule is CN1CCC(c2ccc(C(CC(=O)O)C3CC3)cc2Br)CC1. The van der Waals surface area contributed by atoms with Gasteiger partial charge in [-0.2, -0.15) is 0 Å². The molecule has 1 heterocycles. The molecule has 1 aromatic rings. The fourth-order valence-electron chi connectivity index (χ4n) is 3.67. The van der Waals surface area contributed by atoms with Gasteiger partial charge in [-0.25, -0.2) is 0 Å². The summed E-state index contributed by atoms with van der Waals surface area (Å²) in [5.74, 6) is 0.684. The predicted molar refractivity (Wildman–Crippen MR) is 91.3 cm³/mol. The van der Waals surface area contributed by atoms with Crippen molar-refractivity contribution in [2.75, 3.05) is 20.1 Å². The van der Waals surface area contributed by atoms with E-state index in [1.54, 1.807) is 0 Å². The molecule has 1 saturated heterocycles. The van der Waals surface area contributed by atoms with E-state index in [2.05, 4.69) is 46.1 Å². The van der Waals surface area contributed by atoms with Crippen LogP contribution in [0.5, 0.6) is 0 Å². The number of nitrogens with zero attached hydrogens (tertiary/aromatic N) is 1. The first-order valence-corrected chi connectivity index (χ1v) is 9.03. The molecule has 1 aliphatic heterocycles. The molecule has 1 atom stereocenters. The third kappa shape index (κ3) is 3.72. The van der Waals surface area contributed by atoms with Crippen LogP contribution in [0, 0.1) is 5.92 Å². The maximum atomic E-state index is 11.1. The molecule has 0 radical (unpaired) electrons. The van der Waals surface area contributed by atoms with Crippen molar-refractivity contribution in [3.63, 3.8) is 0 Å². The molecule has 0 bridgehead atoms. The lowest BCUT2D eigenvalue weighted by molar-refractivity contribution is -0.137. The number of likely N-dealkylation sites (tertiary alicyclic amines) is 1. The van der Waals surface area contributed by atoms with E-state index in [1.807, 2.05) is 0 Å². The Morgan fingerprint density at radius 3 is 2.55 bits per heavy atom. The van der Waals surface area contributed by atoms with Crippen LogP contribution in [0.25, 0.3) is 0 Å². The molecule has 1 unspecified atom stereocenters. The quantitative estimate of drug-likeness (QED) is 0.848. The van der Waals surface area contributed by atoms with Crippen molar-refractivity contribution >= 4 is 21.9 Å². The largest absolute Gasteiger partial charge is 0.481 e. The normalized spacial score (nSPS) is 21.7. The van der Waals surface area contributed by atoms with Crippen LogP contribution < -0.4 is 0 Å². The van der Waals surface area contributed by atoms with Gasteiger partial charge in [0.25, 0.3) is 0 Å². The summed E-state index contributed by atoms with van der Waals surface area (Å²) in [5, 5.41) is 9.16. The lowest BCUT2D eigenvalue weighted by Crippen LogP contribution is -2.29. The number of hydrogen-bond donors (Lipinski definition) is 1. The van der Waals surface area contributed by atoms with Gasteiger partial charge in [0.2, 0.25) is 0 Å². The molecular formula is C18H24BrNO2. The van der Waals surface area contributed by atoms with Crippen molar-refractivity contribution in [1.29, 1.82) is 0 Å². The number of carboxylic acids is 1. The van der Waals surface area contributed by atoms with Gasteiger partial charge in [0.1, 0.15) is 0 Å². The molecule has 2 fully saturated rings. The Morgan fingerprint density at radius 1 is 1.32 bits per heavy atom. The molecular weight excluding hydrogens is 342 g/mol. The number of aliphatic carboxylic acids is 1. The molecule has 1 aliphatic carbocycles. The second kappa shape index (κ2) is 6.71. The Kier molecular flexibility index (Phi) is 4.88. The van der Waals surface area contributed by atoms with Crippen molar-refractivity contribution in [2.45, 2.75) is 43.9 Å². The molecule has 1 aromatic carbocycles. The zero-order chi connectivity index (χ0) is 15.7. The highest BCUT2D eigenvalue weighted by molar-refractivity contribution is 9.10. The van der Waals surface area contributed by atoms with Gasteiger partial charge in [-0.3, -0.25) is 4.79 Å². The van der Waals surface area contributed by atoms with Crippen molar-refractivity contribution in [1.82, 2.24) is 4.90 Å². The highest BCUT2D eigenvalue weighted by Crippen LogP contribution is 2.45. The average Bonchev–Trinajstić information content (AvgIpc) is 3.30. The Labute approximate surface area is 140 Å². The maximum absolute atomic E-state index is 11.1. The fraction of sp³-hybridized carbons (Fsp3) is 0.611. The second-order valence-electron chi connectivity index (χ2n) is 6.90. The molecule has 120 valence electrons. The smallest absolute Gasteiger partial charge is 0.303 e. The lowest BCUT2D eigenvalue weighted by atomic mass is 9.86. The van der Waals surface area contributed by atoms with E-state index in [-0.39, 0.29) is 12.3 Å². The van der Waals surface area contributed by atoms with E-state index in [9.17, 15) is 4.79 Å². The van der Waals surface area contributed by atoms with Gasteiger partial charge in [0.05, 0.1) is 6.42 Å². The van der Waals surface area contributed by atoms with Crippen molar-refractivity contribution in [2.24, 2.45) is 5.92 Å². The summed E-state index contributed by atoms with van der Waals surface area (Å²) < 4.78 is 1.16. The molecule has 0 aromatic heterocycles. The Hall–Kier alpha value is -0.870. The van der Waals surface area contributed by atoms with Gasteiger partial charge in [-0.05, 0) is 80.8 Å². The van der Waals surface area contributed by atoms with E-state index >= 15 is 0 Å². The number of hydrogen-bond acceptors (Lipinski definition) is 2. The van der Waals surface area contributed by atoms with Gasteiger partial charge >= 0.3 is 5.97 Å². The molecule has 4 heteroatoms. The van der Waals surface area contributed by atoms with Crippen LogP contribution in [0.1, 0.15) is 55.1 Å². The monoisotopic (exact) mass is 365 g/mol. The number of piperidine rings is 1. The fourth-order valence-corrected chi connectivity index (χ4v) is 4.39. The van der Waals surface area contributed by atoms with Crippen molar-refractivity contribution < 1.29 is 9.90 Å². The lowest BCUT2D eigenvalue weighted by Gasteiger charge is -2.30. The minimum atomic E-state index is -0.688. The summed E-state index contributed by atoms with van der Waals surface area (Å²) in [6.45, 7) is 2.31. The standard InChI is InChI=1S/C18H24BrNO2/c1-20-8-6-13(7-9-20)15-5-4-14(10-17(15)19)16(11-18(21)22)12-2-3-12/h4-5,10,12-13,16H,2-3,6-9,11H2,1H3,(H,21,22). The first kappa shape index (κ1) is 16.0. The summed E-state index contributed by atoms with van der Waals surface area (Å²) in [4.78, 5) is 13.5. The van der Waals surface area contributed by atoms with E-state index in [0.29, 0.717) is 11.8 Å². The van der Waals surface area contributed by atoms with Crippen LogP contribution in [0.15, 0.2) is 22.7 Å². The Balaban J connectivity index is 1.77. The zero-order valence-corrected chi connectivity index (χ0v) is 14.7. The Bertz CT molecular complexity index is 548. The van der Waals surface area contributed by atoms with E-state index in [4.69, 9.17) is 5.11 Å². The molecule has 0 spiro atoms. The maximum Gasteiger partial charge on any atom is 0.303 e. The van der Waals surface area contributed by atoms with Crippen LogP contribution in [0.3, 0.4) is 0 Å². The molecule has 3 rings (SSSR count). The molecule has 3 nitrogen and oxygen atoms in total. The zero-order valence-electron chi connectivity index (χ0n) is 13.1. The number of benzene rings is 1. The van der Waals surface area contributed by atoms with Gasteiger partial charge in [-0.15, -0.1) is 0 Å². The predicted octanol–water partition coefficient (Wildman–Crippen LogP) is 4.23. The van der Waals surface area contributed by atoms with Crippen LogP contribution in [-0.2, 0) is 4.79 Å². The summed E-state index contributed by atoms with van der Waals surface area (Å²) in [5.41, 5.74) is 2.58. The summed E-state index contributed by atoms with van der Waals surface area (Å²) >= 11 is 3.74.